The van der Waals surface area contributed by atoms with Gasteiger partial charge in [0, 0.05) is 42.0 Å². The van der Waals surface area contributed by atoms with Gasteiger partial charge in [-0.2, -0.15) is 0 Å². The van der Waals surface area contributed by atoms with Gasteiger partial charge in [0.1, 0.15) is 18.0 Å². The second kappa shape index (κ2) is 11.4. The van der Waals surface area contributed by atoms with Crippen molar-refractivity contribution in [2.45, 2.75) is 18.1 Å². The number of carboxylic acid groups (broad SMARTS) is 1. The lowest BCUT2D eigenvalue weighted by atomic mass is 10.1. The third-order valence-electron chi connectivity index (χ3n) is 6.60. The molecule has 1 unspecified atom stereocenters. The van der Waals surface area contributed by atoms with E-state index in [1.165, 1.54) is 18.5 Å². The number of hydrogen-bond acceptors (Lipinski definition) is 7. The van der Waals surface area contributed by atoms with Crippen molar-refractivity contribution in [1.29, 1.82) is 0 Å². The van der Waals surface area contributed by atoms with Crippen LogP contribution >= 0.6 is 11.8 Å². The molecule has 0 radical (unpaired) electrons. The predicted molar refractivity (Wildman–Crippen MR) is 140 cm³/mol. The molecule has 0 bridgehead atoms. The molecule has 36 heavy (non-hydrogen) atoms. The Morgan fingerprint density at radius 2 is 2.03 bits per heavy atom. The first-order valence-corrected chi connectivity index (χ1v) is 13.3. The Hall–Kier alpha value is -3.01. The summed E-state index contributed by atoms with van der Waals surface area (Å²) in [7, 11) is 0. The molecule has 5 rings (SSSR count). The number of rotatable bonds is 9. The van der Waals surface area contributed by atoms with Gasteiger partial charge in [0.2, 0.25) is 0 Å². The summed E-state index contributed by atoms with van der Waals surface area (Å²) in [6.45, 7) is 5.22. The van der Waals surface area contributed by atoms with Gasteiger partial charge in [-0.25, -0.2) is 19.2 Å². The third-order valence-corrected chi connectivity index (χ3v) is 7.91. The average molecular weight is 509 g/mol. The molecular weight excluding hydrogens is 479 g/mol. The Morgan fingerprint density at radius 3 is 2.86 bits per heavy atom. The normalized spacial score (nSPS) is 17.1. The highest BCUT2D eigenvalue weighted by atomic mass is 32.2. The summed E-state index contributed by atoms with van der Waals surface area (Å²) in [5.41, 5.74) is 3.72. The van der Waals surface area contributed by atoms with Crippen molar-refractivity contribution in [3.8, 4) is 0 Å². The van der Waals surface area contributed by atoms with Crippen molar-refractivity contribution in [3.05, 3.63) is 71.8 Å². The molecule has 2 aliphatic rings. The third kappa shape index (κ3) is 5.69. The van der Waals surface area contributed by atoms with Crippen LogP contribution in [0.3, 0.4) is 0 Å². The van der Waals surface area contributed by atoms with Gasteiger partial charge in [-0.1, -0.05) is 18.2 Å². The number of anilines is 2. The summed E-state index contributed by atoms with van der Waals surface area (Å²) in [5, 5.41) is 10.0. The standard InChI is InChI=1S/C27H29FN4O3S/c28-21-4-2-19-8-10-32(24(19)17-21)27-22-16-20(3-5-23(22)29-18-30-27)25(6-7-26(33)34)36-15-1-9-31-11-13-35-14-12-31/h2-7,16-18,25H,1,8-15H2,(H,33,34). The van der Waals surface area contributed by atoms with Crippen LogP contribution in [0.4, 0.5) is 15.9 Å². The zero-order chi connectivity index (χ0) is 24.9. The van der Waals surface area contributed by atoms with E-state index < -0.39 is 5.97 Å². The molecule has 188 valence electrons. The first-order valence-electron chi connectivity index (χ1n) is 12.2. The molecule has 2 aliphatic heterocycles. The Bertz CT molecular complexity index is 1260. The number of aliphatic carboxylic acids is 1. The lowest BCUT2D eigenvalue weighted by molar-refractivity contribution is -0.131. The maximum absolute atomic E-state index is 14.0. The molecule has 9 heteroatoms. The lowest BCUT2D eigenvalue weighted by Gasteiger charge is -2.26. The number of aromatic nitrogens is 2. The largest absolute Gasteiger partial charge is 0.478 e. The van der Waals surface area contributed by atoms with E-state index in [4.69, 9.17) is 4.74 Å². The van der Waals surface area contributed by atoms with Crippen molar-refractivity contribution in [1.82, 2.24) is 14.9 Å². The SMILES string of the molecule is O=C(O)C=CC(SCCCN1CCOCC1)c1ccc2ncnc(N3CCc4ccc(F)cc43)c2c1. The van der Waals surface area contributed by atoms with E-state index in [-0.39, 0.29) is 11.1 Å². The molecule has 3 aromatic rings. The second-order valence-electron chi connectivity index (χ2n) is 8.94. The quantitative estimate of drug-likeness (QED) is 0.332. The fourth-order valence-corrected chi connectivity index (χ4v) is 5.86. The highest BCUT2D eigenvalue weighted by Crippen LogP contribution is 2.39. The zero-order valence-electron chi connectivity index (χ0n) is 20.0. The van der Waals surface area contributed by atoms with Crippen LogP contribution in [0.25, 0.3) is 10.9 Å². The Morgan fingerprint density at radius 1 is 1.17 bits per heavy atom. The zero-order valence-corrected chi connectivity index (χ0v) is 20.8. The van der Waals surface area contributed by atoms with Crippen molar-refractivity contribution in [2.75, 3.05) is 50.0 Å². The first-order chi connectivity index (χ1) is 17.6. The number of fused-ring (bicyclic) bond motifs is 2. The number of ether oxygens (including phenoxy) is 1. The number of morpholine rings is 1. The van der Waals surface area contributed by atoms with Gasteiger partial charge in [0.05, 0.1) is 18.7 Å². The summed E-state index contributed by atoms with van der Waals surface area (Å²) < 4.78 is 19.4. The number of carbonyl (C=O) groups is 1. The monoisotopic (exact) mass is 508 g/mol. The van der Waals surface area contributed by atoms with E-state index in [0.29, 0.717) is 6.54 Å². The van der Waals surface area contributed by atoms with E-state index in [1.54, 1.807) is 23.9 Å². The minimum atomic E-state index is -0.963. The van der Waals surface area contributed by atoms with Gasteiger partial charge in [0.15, 0.2) is 0 Å². The van der Waals surface area contributed by atoms with Crippen molar-refractivity contribution >= 4 is 40.1 Å². The molecule has 1 aromatic heterocycles. The molecule has 0 amide bonds. The Labute approximate surface area is 214 Å². The van der Waals surface area contributed by atoms with Crippen LogP contribution in [0.15, 0.2) is 54.9 Å². The summed E-state index contributed by atoms with van der Waals surface area (Å²) in [6.07, 6.45) is 6.33. The number of thioether (sulfide) groups is 1. The molecule has 1 N–H and O–H groups in total. The van der Waals surface area contributed by atoms with Crippen molar-refractivity contribution in [2.24, 2.45) is 0 Å². The molecule has 0 aliphatic carbocycles. The molecule has 1 fully saturated rings. The number of benzene rings is 2. The van der Waals surface area contributed by atoms with Gasteiger partial charge in [-0.05, 0) is 60.5 Å². The smallest absolute Gasteiger partial charge is 0.328 e. The highest BCUT2D eigenvalue weighted by molar-refractivity contribution is 7.99. The van der Waals surface area contributed by atoms with E-state index >= 15 is 0 Å². The van der Waals surface area contributed by atoms with Gasteiger partial charge in [-0.15, -0.1) is 11.8 Å². The summed E-state index contributed by atoms with van der Waals surface area (Å²) in [4.78, 5) is 24.8. The second-order valence-corrected chi connectivity index (χ2v) is 10.2. The van der Waals surface area contributed by atoms with Crippen LogP contribution in [0.1, 0.15) is 22.8 Å². The van der Waals surface area contributed by atoms with E-state index in [9.17, 15) is 14.3 Å². The molecule has 3 heterocycles. The van der Waals surface area contributed by atoms with Crippen molar-refractivity contribution < 1.29 is 19.0 Å². The molecule has 7 nitrogen and oxygen atoms in total. The topological polar surface area (TPSA) is 78.8 Å². The summed E-state index contributed by atoms with van der Waals surface area (Å²) in [5.74, 6) is 0.409. The van der Waals surface area contributed by atoms with Crippen LogP contribution < -0.4 is 4.90 Å². The number of carboxylic acids is 1. The molecule has 2 aromatic carbocycles. The van der Waals surface area contributed by atoms with Gasteiger partial charge in [-0.3, -0.25) is 4.90 Å². The molecular formula is C27H29FN4O3S. The fraction of sp³-hybridized carbons (Fsp3) is 0.370. The van der Waals surface area contributed by atoms with Gasteiger partial charge < -0.3 is 14.7 Å². The minimum Gasteiger partial charge on any atom is -0.478 e. The van der Waals surface area contributed by atoms with E-state index in [0.717, 1.165) is 85.0 Å². The van der Waals surface area contributed by atoms with Crippen molar-refractivity contribution in [3.63, 3.8) is 0 Å². The Balaban J connectivity index is 1.39. The minimum absolute atomic E-state index is 0.119. The molecule has 1 saturated heterocycles. The summed E-state index contributed by atoms with van der Waals surface area (Å²) in [6, 6.07) is 10.9. The number of halogens is 1. The maximum atomic E-state index is 14.0. The molecule has 0 spiro atoms. The predicted octanol–water partition coefficient (Wildman–Crippen LogP) is 4.60. The number of hydrogen-bond donors (Lipinski definition) is 1. The molecule has 0 saturated carbocycles. The Kier molecular flexibility index (Phi) is 7.79. The highest BCUT2D eigenvalue weighted by Gasteiger charge is 2.24. The summed E-state index contributed by atoms with van der Waals surface area (Å²) >= 11 is 1.73. The lowest BCUT2D eigenvalue weighted by Crippen LogP contribution is -2.37. The van der Waals surface area contributed by atoms with Crippen LogP contribution in [0, 0.1) is 5.82 Å². The van der Waals surface area contributed by atoms with Gasteiger partial charge in [0.25, 0.3) is 0 Å². The van der Waals surface area contributed by atoms with E-state index in [2.05, 4.69) is 14.9 Å². The van der Waals surface area contributed by atoms with Crippen LogP contribution in [0.2, 0.25) is 0 Å². The first kappa shape index (κ1) is 24.7. The van der Waals surface area contributed by atoms with Crippen LogP contribution in [0.5, 0.6) is 0 Å². The maximum Gasteiger partial charge on any atom is 0.328 e. The van der Waals surface area contributed by atoms with Crippen LogP contribution in [-0.2, 0) is 16.0 Å². The van der Waals surface area contributed by atoms with Gasteiger partial charge >= 0.3 is 5.97 Å². The fourth-order valence-electron chi connectivity index (χ4n) is 4.78. The average Bonchev–Trinajstić information content (AvgIpc) is 3.31. The van der Waals surface area contributed by atoms with Crippen LogP contribution in [-0.4, -0.2) is 71.1 Å². The number of nitrogens with zero attached hydrogens (tertiary/aromatic N) is 4. The molecule has 1 atom stereocenters. The van der Waals surface area contributed by atoms with E-state index in [1.807, 2.05) is 29.2 Å².